The third-order valence-corrected chi connectivity index (χ3v) is 2.48. The van der Waals surface area contributed by atoms with Gasteiger partial charge in [0.25, 0.3) is 0 Å². The van der Waals surface area contributed by atoms with E-state index in [1.165, 1.54) is 12.8 Å². The number of carbonyl (C=O) groups excluding carboxylic acids is 1. The zero-order valence-corrected chi connectivity index (χ0v) is 10.2. The Morgan fingerprint density at radius 2 is 1.87 bits per heavy atom. The molecule has 0 aromatic carbocycles. The average Bonchev–Trinajstić information content (AvgIpc) is 2.20. The van der Waals surface area contributed by atoms with Crippen molar-refractivity contribution in [3.8, 4) is 12.3 Å². The van der Waals surface area contributed by atoms with E-state index >= 15 is 0 Å². The molecule has 0 radical (unpaired) electrons. The molecule has 0 saturated heterocycles. The smallest absolute Gasteiger partial charge is 0.223 e. The summed E-state index contributed by atoms with van der Waals surface area (Å²) in [6, 6.07) is 0. The van der Waals surface area contributed by atoms with Gasteiger partial charge in [0.05, 0.1) is 6.54 Å². The van der Waals surface area contributed by atoms with E-state index in [9.17, 15) is 4.79 Å². The van der Waals surface area contributed by atoms with Crippen LogP contribution in [0, 0.1) is 24.2 Å². The van der Waals surface area contributed by atoms with E-state index in [0.717, 1.165) is 18.8 Å². The molecule has 2 nitrogen and oxygen atoms in total. The summed E-state index contributed by atoms with van der Waals surface area (Å²) in [6.07, 6.45) is 9.62. The summed E-state index contributed by atoms with van der Waals surface area (Å²) < 4.78 is 0. The predicted octanol–water partition coefficient (Wildman–Crippen LogP) is 2.59. The molecule has 2 heteroatoms. The van der Waals surface area contributed by atoms with E-state index in [2.05, 4.69) is 25.1 Å². The van der Waals surface area contributed by atoms with Gasteiger partial charge in [-0.3, -0.25) is 4.79 Å². The number of hydrogen-bond acceptors (Lipinski definition) is 1. The molecule has 86 valence electrons. The van der Waals surface area contributed by atoms with Crippen molar-refractivity contribution in [1.82, 2.24) is 5.32 Å². The summed E-state index contributed by atoms with van der Waals surface area (Å²) in [5, 5.41) is 2.71. The fourth-order valence-electron chi connectivity index (χ4n) is 1.45. The maximum Gasteiger partial charge on any atom is 0.223 e. The first kappa shape index (κ1) is 14.0. The number of rotatable bonds is 7. The first-order chi connectivity index (χ1) is 7.07. The van der Waals surface area contributed by atoms with E-state index in [0.29, 0.717) is 6.54 Å². The standard InChI is InChI=1S/C13H23NO/c1-5-10-14-13(15)12(4)9-7-6-8-11(2)3/h1,11-12H,6-10H2,2-4H3,(H,14,15)/t12-/m1/s1. The van der Waals surface area contributed by atoms with Crippen LogP contribution in [0.5, 0.6) is 0 Å². The van der Waals surface area contributed by atoms with Gasteiger partial charge < -0.3 is 5.32 Å². The molecule has 1 amide bonds. The largest absolute Gasteiger partial charge is 0.345 e. The highest BCUT2D eigenvalue weighted by atomic mass is 16.1. The van der Waals surface area contributed by atoms with Crippen LogP contribution in [-0.4, -0.2) is 12.5 Å². The summed E-state index contributed by atoms with van der Waals surface area (Å²) in [5.41, 5.74) is 0. The molecule has 0 spiro atoms. The molecule has 0 rings (SSSR count). The van der Waals surface area contributed by atoms with Gasteiger partial charge >= 0.3 is 0 Å². The van der Waals surface area contributed by atoms with Crippen LogP contribution in [0.15, 0.2) is 0 Å². The molecular weight excluding hydrogens is 186 g/mol. The van der Waals surface area contributed by atoms with Gasteiger partial charge in [-0.25, -0.2) is 0 Å². The molecule has 15 heavy (non-hydrogen) atoms. The lowest BCUT2D eigenvalue weighted by atomic mass is 9.99. The van der Waals surface area contributed by atoms with E-state index in [1.54, 1.807) is 0 Å². The number of unbranched alkanes of at least 4 members (excludes halogenated alkanes) is 1. The van der Waals surface area contributed by atoms with E-state index < -0.39 is 0 Å². The molecule has 1 N–H and O–H groups in total. The number of nitrogens with one attached hydrogen (secondary N) is 1. The van der Waals surface area contributed by atoms with Gasteiger partial charge in [-0.05, 0) is 12.3 Å². The molecule has 0 aromatic rings. The second-order valence-electron chi connectivity index (χ2n) is 4.50. The second-order valence-corrected chi connectivity index (χ2v) is 4.50. The van der Waals surface area contributed by atoms with Crippen LogP contribution in [0.3, 0.4) is 0 Å². The first-order valence-electron chi connectivity index (χ1n) is 5.79. The Morgan fingerprint density at radius 1 is 1.27 bits per heavy atom. The maximum atomic E-state index is 11.4. The SMILES string of the molecule is C#CCNC(=O)[C@H](C)CCCCC(C)C. The monoisotopic (exact) mass is 209 g/mol. The molecule has 0 bridgehead atoms. The molecule has 0 unspecified atom stereocenters. The van der Waals surface area contributed by atoms with E-state index in [1.807, 2.05) is 6.92 Å². The topological polar surface area (TPSA) is 29.1 Å². The van der Waals surface area contributed by atoms with Gasteiger partial charge in [0.15, 0.2) is 0 Å². The summed E-state index contributed by atoms with van der Waals surface area (Å²) in [5.74, 6) is 3.33. The lowest BCUT2D eigenvalue weighted by Crippen LogP contribution is -2.29. The molecule has 0 saturated carbocycles. The number of carbonyl (C=O) groups is 1. The quantitative estimate of drug-likeness (QED) is 0.507. The summed E-state index contributed by atoms with van der Waals surface area (Å²) in [4.78, 5) is 11.4. The van der Waals surface area contributed by atoms with Crippen molar-refractivity contribution in [3.05, 3.63) is 0 Å². The highest BCUT2D eigenvalue weighted by molar-refractivity contribution is 5.78. The van der Waals surface area contributed by atoms with Crippen LogP contribution in [0.4, 0.5) is 0 Å². The third-order valence-electron chi connectivity index (χ3n) is 2.48. The summed E-state index contributed by atoms with van der Waals surface area (Å²) in [6.45, 7) is 6.75. The van der Waals surface area contributed by atoms with Crippen LogP contribution >= 0.6 is 0 Å². The van der Waals surface area contributed by atoms with Crippen molar-refractivity contribution in [2.24, 2.45) is 11.8 Å². The lowest BCUT2D eigenvalue weighted by Gasteiger charge is -2.11. The van der Waals surface area contributed by atoms with Crippen molar-refractivity contribution in [1.29, 1.82) is 0 Å². The Bertz CT molecular complexity index is 215. The minimum absolute atomic E-state index is 0.0810. The van der Waals surface area contributed by atoms with Crippen molar-refractivity contribution >= 4 is 5.91 Å². The first-order valence-corrected chi connectivity index (χ1v) is 5.79. The Kier molecular flexibility index (Phi) is 7.81. The maximum absolute atomic E-state index is 11.4. The average molecular weight is 209 g/mol. The van der Waals surface area contributed by atoms with Crippen molar-refractivity contribution in [2.75, 3.05) is 6.54 Å². The number of hydrogen-bond donors (Lipinski definition) is 1. The van der Waals surface area contributed by atoms with Gasteiger partial charge in [-0.1, -0.05) is 46.0 Å². The lowest BCUT2D eigenvalue weighted by molar-refractivity contribution is -0.124. The Hall–Kier alpha value is -0.970. The van der Waals surface area contributed by atoms with Crippen LogP contribution in [0.25, 0.3) is 0 Å². The van der Waals surface area contributed by atoms with Crippen LogP contribution in [-0.2, 0) is 4.79 Å². The molecule has 0 aromatic heterocycles. The Labute approximate surface area is 93.8 Å². The van der Waals surface area contributed by atoms with Crippen LogP contribution in [0.1, 0.15) is 46.5 Å². The Morgan fingerprint density at radius 3 is 2.40 bits per heavy atom. The highest BCUT2D eigenvalue weighted by Crippen LogP contribution is 2.12. The molecule has 0 heterocycles. The summed E-state index contributed by atoms with van der Waals surface area (Å²) in [7, 11) is 0. The fraction of sp³-hybridized carbons (Fsp3) is 0.769. The number of terminal acetylenes is 1. The van der Waals surface area contributed by atoms with Crippen LogP contribution < -0.4 is 5.32 Å². The molecular formula is C13H23NO. The van der Waals surface area contributed by atoms with Crippen molar-refractivity contribution < 1.29 is 4.79 Å². The van der Waals surface area contributed by atoms with Crippen molar-refractivity contribution in [2.45, 2.75) is 46.5 Å². The predicted molar refractivity (Wildman–Crippen MR) is 64.3 cm³/mol. The molecule has 0 aliphatic carbocycles. The fourth-order valence-corrected chi connectivity index (χ4v) is 1.45. The van der Waals surface area contributed by atoms with Crippen LogP contribution in [0.2, 0.25) is 0 Å². The van der Waals surface area contributed by atoms with E-state index in [4.69, 9.17) is 6.42 Å². The van der Waals surface area contributed by atoms with Gasteiger partial charge in [0.1, 0.15) is 0 Å². The van der Waals surface area contributed by atoms with Gasteiger partial charge in [-0.15, -0.1) is 6.42 Å². The van der Waals surface area contributed by atoms with Gasteiger partial charge in [0.2, 0.25) is 5.91 Å². The van der Waals surface area contributed by atoms with E-state index in [-0.39, 0.29) is 11.8 Å². The van der Waals surface area contributed by atoms with Crippen molar-refractivity contribution in [3.63, 3.8) is 0 Å². The Balaban J connectivity index is 3.52. The summed E-state index contributed by atoms with van der Waals surface area (Å²) >= 11 is 0. The molecule has 1 atom stereocenters. The third kappa shape index (κ3) is 8.05. The minimum Gasteiger partial charge on any atom is -0.345 e. The molecule has 0 aliphatic heterocycles. The zero-order chi connectivity index (χ0) is 11.7. The molecule has 0 fully saturated rings. The van der Waals surface area contributed by atoms with Gasteiger partial charge in [-0.2, -0.15) is 0 Å². The highest BCUT2D eigenvalue weighted by Gasteiger charge is 2.10. The second kappa shape index (κ2) is 8.35. The number of amides is 1. The minimum atomic E-state index is 0.0810. The molecule has 0 aliphatic rings. The van der Waals surface area contributed by atoms with Gasteiger partial charge in [0, 0.05) is 5.92 Å². The normalized spacial score (nSPS) is 12.2. The zero-order valence-electron chi connectivity index (χ0n) is 10.2.